The van der Waals surface area contributed by atoms with Gasteiger partial charge >= 0.3 is 5.97 Å². The predicted octanol–water partition coefficient (Wildman–Crippen LogP) is 1.59. The SMILES string of the molecule is CCOc1cccc(C(=O)NNC(=O)C2C3CCC(C3)C2C(=O)O)c1. The van der Waals surface area contributed by atoms with Crippen LogP contribution in [0, 0.1) is 23.7 Å². The fraction of sp³-hybridized carbons (Fsp3) is 0.500. The van der Waals surface area contributed by atoms with Crippen LogP contribution in [0.3, 0.4) is 0 Å². The first-order valence-electron chi connectivity index (χ1n) is 8.57. The zero-order valence-corrected chi connectivity index (χ0v) is 14.0. The minimum absolute atomic E-state index is 0.0665. The molecule has 0 aliphatic heterocycles. The second-order valence-corrected chi connectivity index (χ2v) is 6.63. The zero-order chi connectivity index (χ0) is 18.0. The summed E-state index contributed by atoms with van der Waals surface area (Å²) in [5.74, 6) is -2.33. The summed E-state index contributed by atoms with van der Waals surface area (Å²) in [7, 11) is 0. The van der Waals surface area contributed by atoms with Crippen molar-refractivity contribution < 1.29 is 24.2 Å². The molecule has 0 saturated heterocycles. The van der Waals surface area contributed by atoms with Crippen LogP contribution in [-0.4, -0.2) is 29.5 Å². The highest BCUT2D eigenvalue weighted by atomic mass is 16.5. The van der Waals surface area contributed by atoms with E-state index >= 15 is 0 Å². The molecule has 0 heterocycles. The standard InChI is InChI=1S/C18H22N2O5/c1-2-25-13-5-3-4-12(9-13)16(21)19-20-17(22)14-10-6-7-11(8-10)15(14)18(23)24/h3-5,9-11,14-15H,2,6-8H2,1H3,(H,19,21)(H,20,22)(H,23,24). The van der Waals surface area contributed by atoms with Crippen molar-refractivity contribution in [3.8, 4) is 5.75 Å². The van der Waals surface area contributed by atoms with E-state index in [1.807, 2.05) is 6.92 Å². The van der Waals surface area contributed by atoms with E-state index in [2.05, 4.69) is 10.9 Å². The molecule has 7 nitrogen and oxygen atoms in total. The maximum atomic E-state index is 12.4. The van der Waals surface area contributed by atoms with Gasteiger partial charge in [-0.05, 0) is 56.2 Å². The number of aliphatic carboxylic acids is 1. The number of nitrogens with one attached hydrogen (secondary N) is 2. The minimum atomic E-state index is -0.928. The molecule has 2 aliphatic rings. The number of rotatable bonds is 5. The Balaban J connectivity index is 1.61. The molecule has 2 fully saturated rings. The van der Waals surface area contributed by atoms with Gasteiger partial charge in [0.15, 0.2) is 0 Å². The summed E-state index contributed by atoms with van der Waals surface area (Å²) >= 11 is 0. The molecular weight excluding hydrogens is 324 g/mol. The highest BCUT2D eigenvalue weighted by molar-refractivity contribution is 5.96. The quantitative estimate of drug-likeness (QED) is 0.702. The van der Waals surface area contributed by atoms with Crippen LogP contribution in [0.15, 0.2) is 24.3 Å². The molecule has 2 saturated carbocycles. The van der Waals surface area contributed by atoms with Gasteiger partial charge in [-0.1, -0.05) is 6.07 Å². The zero-order valence-electron chi connectivity index (χ0n) is 14.0. The number of hydrogen-bond donors (Lipinski definition) is 3. The number of hydrazine groups is 1. The van der Waals surface area contributed by atoms with Gasteiger partial charge in [-0.15, -0.1) is 0 Å². The van der Waals surface area contributed by atoms with Gasteiger partial charge in [0.2, 0.25) is 5.91 Å². The van der Waals surface area contributed by atoms with Crippen molar-refractivity contribution in [1.29, 1.82) is 0 Å². The van der Waals surface area contributed by atoms with Crippen molar-refractivity contribution in [1.82, 2.24) is 10.9 Å². The summed E-state index contributed by atoms with van der Waals surface area (Å²) < 4.78 is 5.34. The Morgan fingerprint density at radius 1 is 1.16 bits per heavy atom. The van der Waals surface area contributed by atoms with Gasteiger partial charge in [0.1, 0.15) is 5.75 Å². The lowest BCUT2D eigenvalue weighted by Crippen LogP contribution is -2.48. The van der Waals surface area contributed by atoms with E-state index < -0.39 is 29.6 Å². The average molecular weight is 346 g/mol. The van der Waals surface area contributed by atoms with Crippen molar-refractivity contribution in [2.45, 2.75) is 26.2 Å². The van der Waals surface area contributed by atoms with Crippen LogP contribution in [-0.2, 0) is 9.59 Å². The molecule has 134 valence electrons. The van der Waals surface area contributed by atoms with Crippen molar-refractivity contribution in [3.05, 3.63) is 29.8 Å². The minimum Gasteiger partial charge on any atom is -0.494 e. The fourth-order valence-electron chi connectivity index (χ4n) is 4.19. The Hall–Kier alpha value is -2.57. The second-order valence-electron chi connectivity index (χ2n) is 6.63. The summed E-state index contributed by atoms with van der Waals surface area (Å²) in [6, 6.07) is 6.63. The molecule has 0 aromatic heterocycles. The molecule has 0 radical (unpaired) electrons. The molecule has 3 N–H and O–H groups in total. The monoisotopic (exact) mass is 346 g/mol. The fourth-order valence-corrected chi connectivity index (χ4v) is 4.19. The summed E-state index contributed by atoms with van der Waals surface area (Å²) in [6.07, 6.45) is 2.51. The first-order valence-corrected chi connectivity index (χ1v) is 8.57. The molecule has 4 atom stereocenters. The van der Waals surface area contributed by atoms with E-state index in [0.29, 0.717) is 17.9 Å². The highest BCUT2D eigenvalue weighted by Crippen LogP contribution is 2.52. The lowest BCUT2D eigenvalue weighted by atomic mass is 9.79. The van der Waals surface area contributed by atoms with Gasteiger partial charge in [-0.2, -0.15) is 0 Å². The molecule has 7 heteroatoms. The third-order valence-electron chi connectivity index (χ3n) is 5.21. The summed E-state index contributed by atoms with van der Waals surface area (Å²) in [6.45, 7) is 2.34. The lowest BCUT2D eigenvalue weighted by molar-refractivity contribution is -0.149. The van der Waals surface area contributed by atoms with Crippen LogP contribution < -0.4 is 15.6 Å². The molecule has 25 heavy (non-hydrogen) atoms. The number of carbonyl (C=O) groups excluding carboxylic acids is 2. The maximum Gasteiger partial charge on any atom is 0.307 e. The van der Waals surface area contributed by atoms with Gasteiger partial charge in [0.25, 0.3) is 5.91 Å². The van der Waals surface area contributed by atoms with Crippen LogP contribution in [0.1, 0.15) is 36.5 Å². The van der Waals surface area contributed by atoms with E-state index in [4.69, 9.17) is 4.74 Å². The topological polar surface area (TPSA) is 105 Å². The Bertz CT molecular complexity index is 690. The number of carboxylic acids is 1. The van der Waals surface area contributed by atoms with Gasteiger partial charge < -0.3 is 9.84 Å². The van der Waals surface area contributed by atoms with E-state index in [0.717, 1.165) is 19.3 Å². The van der Waals surface area contributed by atoms with Gasteiger partial charge in [0, 0.05) is 5.56 Å². The smallest absolute Gasteiger partial charge is 0.307 e. The second kappa shape index (κ2) is 7.13. The molecular formula is C18H22N2O5. The van der Waals surface area contributed by atoms with E-state index in [9.17, 15) is 19.5 Å². The van der Waals surface area contributed by atoms with Crippen LogP contribution in [0.5, 0.6) is 5.75 Å². The van der Waals surface area contributed by atoms with Gasteiger partial charge in [-0.3, -0.25) is 25.2 Å². The van der Waals surface area contributed by atoms with Crippen molar-refractivity contribution in [3.63, 3.8) is 0 Å². The third kappa shape index (κ3) is 3.45. The largest absolute Gasteiger partial charge is 0.494 e. The Labute approximate surface area is 145 Å². The highest BCUT2D eigenvalue weighted by Gasteiger charge is 2.54. The molecule has 4 unspecified atom stereocenters. The van der Waals surface area contributed by atoms with Crippen LogP contribution in [0.2, 0.25) is 0 Å². The maximum absolute atomic E-state index is 12.4. The number of hydrogen-bond acceptors (Lipinski definition) is 4. The molecule has 0 spiro atoms. The Morgan fingerprint density at radius 3 is 2.56 bits per heavy atom. The number of carboxylic acid groups (broad SMARTS) is 1. The number of fused-ring (bicyclic) bond motifs is 2. The number of amides is 2. The van der Waals surface area contributed by atoms with E-state index in [-0.39, 0.29) is 11.8 Å². The van der Waals surface area contributed by atoms with Crippen LogP contribution >= 0.6 is 0 Å². The average Bonchev–Trinajstić information content (AvgIpc) is 3.21. The normalized spacial score (nSPS) is 26.9. The first kappa shape index (κ1) is 17.3. The molecule has 1 aromatic rings. The Kier molecular flexibility index (Phi) is 4.92. The molecule has 3 rings (SSSR count). The lowest BCUT2D eigenvalue weighted by Gasteiger charge is -2.27. The predicted molar refractivity (Wildman–Crippen MR) is 88.7 cm³/mol. The first-order chi connectivity index (χ1) is 12.0. The van der Waals surface area contributed by atoms with Crippen molar-refractivity contribution >= 4 is 17.8 Å². The molecule has 2 amide bonds. The summed E-state index contributed by atoms with van der Waals surface area (Å²) in [5, 5.41) is 9.41. The number of carbonyl (C=O) groups is 3. The van der Waals surface area contributed by atoms with Crippen LogP contribution in [0.4, 0.5) is 0 Å². The van der Waals surface area contributed by atoms with Crippen molar-refractivity contribution in [2.75, 3.05) is 6.61 Å². The molecule has 2 bridgehead atoms. The summed E-state index contributed by atoms with van der Waals surface area (Å²) in [5.41, 5.74) is 5.13. The van der Waals surface area contributed by atoms with Gasteiger partial charge in [0.05, 0.1) is 18.4 Å². The summed E-state index contributed by atoms with van der Waals surface area (Å²) in [4.78, 5) is 36.1. The third-order valence-corrected chi connectivity index (χ3v) is 5.21. The van der Waals surface area contributed by atoms with Gasteiger partial charge in [-0.25, -0.2) is 0 Å². The van der Waals surface area contributed by atoms with Crippen LogP contribution in [0.25, 0.3) is 0 Å². The van der Waals surface area contributed by atoms with E-state index in [1.54, 1.807) is 24.3 Å². The number of ether oxygens (including phenoxy) is 1. The van der Waals surface area contributed by atoms with Crippen molar-refractivity contribution in [2.24, 2.45) is 23.7 Å². The number of benzene rings is 1. The Morgan fingerprint density at radius 2 is 1.88 bits per heavy atom. The molecule has 2 aliphatic carbocycles. The van der Waals surface area contributed by atoms with E-state index in [1.165, 1.54) is 0 Å². The molecule has 1 aromatic carbocycles.